The van der Waals surface area contributed by atoms with Gasteiger partial charge in [-0.2, -0.15) is 5.26 Å². The molecule has 0 aliphatic carbocycles. The smallest absolute Gasteiger partial charge is 0.326 e. The molecular formula is C19H22N4O5S. The van der Waals surface area contributed by atoms with Crippen LogP contribution in [0.3, 0.4) is 0 Å². The van der Waals surface area contributed by atoms with Crippen LogP contribution in [0.2, 0.25) is 0 Å². The Hall–Kier alpha value is -3.06. The number of carbonyl (C=O) groups excluding carboxylic acids is 4. The largest absolute Gasteiger partial charge is 0.454 e. The number of nitrogens with one attached hydrogen (secondary N) is 2. The second kappa shape index (κ2) is 8.96. The molecule has 1 aliphatic heterocycles. The SMILES string of the molecule is CC[C@]1(C)NC(=O)N(CC(=O)OCC(=O)Nc2c(C)cc(SC#N)cc2C)C1=O. The summed E-state index contributed by atoms with van der Waals surface area (Å²) in [5, 5.41) is 16.0. The highest BCUT2D eigenvalue weighted by atomic mass is 32.2. The first-order chi connectivity index (χ1) is 13.6. The molecule has 29 heavy (non-hydrogen) atoms. The predicted molar refractivity (Wildman–Crippen MR) is 106 cm³/mol. The van der Waals surface area contributed by atoms with Gasteiger partial charge in [0.1, 0.15) is 17.5 Å². The quantitative estimate of drug-likeness (QED) is 0.300. The zero-order valence-electron chi connectivity index (χ0n) is 16.6. The minimum Gasteiger partial charge on any atom is -0.454 e. The minimum absolute atomic E-state index is 0.385. The second-order valence-corrected chi connectivity index (χ2v) is 7.70. The van der Waals surface area contributed by atoms with Crippen LogP contribution in [0.15, 0.2) is 17.0 Å². The fraction of sp³-hybridized carbons (Fsp3) is 0.421. The van der Waals surface area contributed by atoms with E-state index >= 15 is 0 Å². The number of amides is 4. The molecular weight excluding hydrogens is 396 g/mol. The van der Waals surface area contributed by atoms with E-state index in [0.29, 0.717) is 12.1 Å². The first kappa shape index (κ1) is 22.2. The number of rotatable bonds is 7. The number of urea groups is 1. The third-order valence-electron chi connectivity index (χ3n) is 4.64. The Bertz CT molecular complexity index is 887. The van der Waals surface area contributed by atoms with Gasteiger partial charge in [0.25, 0.3) is 11.8 Å². The van der Waals surface area contributed by atoms with Crippen LogP contribution in [0.1, 0.15) is 31.4 Å². The van der Waals surface area contributed by atoms with Gasteiger partial charge in [0.2, 0.25) is 0 Å². The van der Waals surface area contributed by atoms with Crippen LogP contribution in [-0.2, 0) is 19.1 Å². The van der Waals surface area contributed by atoms with Gasteiger partial charge in [-0.1, -0.05) is 6.92 Å². The summed E-state index contributed by atoms with van der Waals surface area (Å²) in [5.41, 5.74) is 1.06. The summed E-state index contributed by atoms with van der Waals surface area (Å²) in [7, 11) is 0. The van der Waals surface area contributed by atoms with Crippen LogP contribution >= 0.6 is 11.8 Å². The summed E-state index contributed by atoms with van der Waals surface area (Å²) >= 11 is 1.02. The molecule has 4 amide bonds. The molecule has 0 unspecified atom stereocenters. The molecule has 1 aromatic rings. The van der Waals surface area contributed by atoms with Gasteiger partial charge in [0.15, 0.2) is 6.61 Å². The minimum atomic E-state index is -1.04. The zero-order chi connectivity index (χ0) is 21.8. The molecule has 0 saturated carbocycles. The summed E-state index contributed by atoms with van der Waals surface area (Å²) in [4.78, 5) is 49.8. The van der Waals surface area contributed by atoms with Crippen molar-refractivity contribution in [3.05, 3.63) is 23.3 Å². The molecule has 1 saturated heterocycles. The number of thioether (sulfide) groups is 1. The van der Waals surface area contributed by atoms with E-state index in [2.05, 4.69) is 10.6 Å². The van der Waals surface area contributed by atoms with E-state index < -0.39 is 42.5 Å². The number of ether oxygens (including phenoxy) is 1. The van der Waals surface area contributed by atoms with Crippen molar-refractivity contribution in [2.24, 2.45) is 0 Å². The van der Waals surface area contributed by atoms with E-state index in [4.69, 9.17) is 10.00 Å². The van der Waals surface area contributed by atoms with Gasteiger partial charge in [-0.3, -0.25) is 19.3 Å². The average molecular weight is 418 g/mol. The van der Waals surface area contributed by atoms with Crippen molar-refractivity contribution in [3.8, 4) is 5.40 Å². The Morgan fingerprint density at radius 3 is 2.45 bits per heavy atom. The van der Waals surface area contributed by atoms with Gasteiger partial charge in [0, 0.05) is 10.6 Å². The van der Waals surface area contributed by atoms with Crippen molar-refractivity contribution < 1.29 is 23.9 Å². The number of carbonyl (C=O) groups is 4. The van der Waals surface area contributed by atoms with Gasteiger partial charge in [-0.05, 0) is 62.2 Å². The van der Waals surface area contributed by atoms with Crippen LogP contribution in [0.5, 0.6) is 0 Å². The number of aryl methyl sites for hydroxylation is 2. The summed E-state index contributed by atoms with van der Waals surface area (Å²) < 4.78 is 4.91. The van der Waals surface area contributed by atoms with E-state index in [1.54, 1.807) is 39.8 Å². The van der Waals surface area contributed by atoms with Gasteiger partial charge in [-0.25, -0.2) is 4.79 Å². The number of anilines is 1. The highest BCUT2D eigenvalue weighted by molar-refractivity contribution is 8.03. The second-order valence-electron chi connectivity index (χ2n) is 6.84. The molecule has 0 spiro atoms. The molecule has 0 bridgehead atoms. The van der Waals surface area contributed by atoms with Crippen molar-refractivity contribution in [2.75, 3.05) is 18.5 Å². The molecule has 1 fully saturated rings. The number of hydrogen-bond acceptors (Lipinski definition) is 7. The van der Waals surface area contributed by atoms with Crippen molar-refractivity contribution in [3.63, 3.8) is 0 Å². The Morgan fingerprint density at radius 1 is 1.31 bits per heavy atom. The number of nitriles is 1. The Morgan fingerprint density at radius 2 is 1.93 bits per heavy atom. The molecule has 0 radical (unpaired) electrons. The zero-order valence-corrected chi connectivity index (χ0v) is 17.4. The molecule has 10 heteroatoms. The lowest BCUT2D eigenvalue weighted by molar-refractivity contribution is -0.150. The standard InChI is InChI=1S/C19H22N4O5S/c1-5-19(4)17(26)23(18(27)22-19)8-15(25)28-9-14(24)21-16-11(2)6-13(29-10-20)7-12(16)3/h6-7H,5,8-9H2,1-4H3,(H,21,24)(H,22,27)/t19-/m0/s1. The summed E-state index contributed by atoms with van der Waals surface area (Å²) in [6, 6.07) is 2.87. The molecule has 1 heterocycles. The molecule has 1 aliphatic rings. The normalized spacial score (nSPS) is 18.2. The van der Waals surface area contributed by atoms with Crippen LogP contribution in [0.4, 0.5) is 10.5 Å². The van der Waals surface area contributed by atoms with Crippen LogP contribution in [0.25, 0.3) is 0 Å². The lowest BCUT2D eigenvalue weighted by Gasteiger charge is -2.18. The van der Waals surface area contributed by atoms with Crippen LogP contribution < -0.4 is 10.6 Å². The first-order valence-corrected chi connectivity index (χ1v) is 9.69. The third-order valence-corrected chi connectivity index (χ3v) is 5.20. The first-order valence-electron chi connectivity index (χ1n) is 8.88. The lowest BCUT2D eigenvalue weighted by Crippen LogP contribution is -2.43. The maximum atomic E-state index is 12.3. The average Bonchev–Trinajstić information content (AvgIpc) is 2.87. The number of benzene rings is 1. The predicted octanol–water partition coefficient (Wildman–Crippen LogP) is 2.08. The van der Waals surface area contributed by atoms with E-state index in [-0.39, 0.29) is 0 Å². The van der Waals surface area contributed by atoms with Crippen molar-refractivity contribution in [2.45, 2.75) is 44.6 Å². The van der Waals surface area contributed by atoms with E-state index in [0.717, 1.165) is 32.7 Å². The fourth-order valence-electron chi connectivity index (χ4n) is 2.86. The Kier molecular flexibility index (Phi) is 6.87. The maximum Gasteiger partial charge on any atom is 0.326 e. The molecule has 2 N–H and O–H groups in total. The fourth-order valence-corrected chi connectivity index (χ4v) is 3.44. The molecule has 154 valence electrons. The summed E-state index contributed by atoms with van der Waals surface area (Å²) in [6.45, 7) is 5.79. The van der Waals surface area contributed by atoms with Crippen LogP contribution in [0, 0.1) is 24.5 Å². The number of thiocyanates is 1. The van der Waals surface area contributed by atoms with E-state index in [1.807, 2.05) is 5.40 Å². The third kappa shape index (κ3) is 5.06. The van der Waals surface area contributed by atoms with Gasteiger partial charge >= 0.3 is 12.0 Å². The molecule has 0 aromatic heterocycles. The Balaban J connectivity index is 1.92. The maximum absolute atomic E-state index is 12.3. The van der Waals surface area contributed by atoms with Crippen molar-refractivity contribution >= 4 is 41.3 Å². The highest BCUT2D eigenvalue weighted by Gasteiger charge is 2.47. The van der Waals surface area contributed by atoms with Crippen LogP contribution in [-0.4, -0.2) is 47.4 Å². The topological polar surface area (TPSA) is 129 Å². The molecule has 1 atom stereocenters. The summed E-state index contributed by atoms with van der Waals surface area (Å²) in [5.74, 6) is -1.92. The monoisotopic (exact) mass is 418 g/mol. The van der Waals surface area contributed by atoms with Gasteiger partial charge < -0.3 is 15.4 Å². The lowest BCUT2D eigenvalue weighted by atomic mass is 9.99. The number of esters is 1. The molecule has 2 rings (SSSR count). The van der Waals surface area contributed by atoms with E-state index in [9.17, 15) is 19.2 Å². The van der Waals surface area contributed by atoms with Gasteiger partial charge in [-0.15, -0.1) is 0 Å². The molecule has 1 aromatic carbocycles. The number of hydrogen-bond donors (Lipinski definition) is 2. The van der Waals surface area contributed by atoms with E-state index in [1.165, 1.54) is 0 Å². The van der Waals surface area contributed by atoms with Crippen molar-refractivity contribution in [1.82, 2.24) is 10.2 Å². The Labute approximate surface area is 172 Å². The van der Waals surface area contributed by atoms with Crippen molar-refractivity contribution in [1.29, 1.82) is 5.26 Å². The summed E-state index contributed by atoms with van der Waals surface area (Å²) in [6.07, 6.45) is 0.385. The highest BCUT2D eigenvalue weighted by Crippen LogP contribution is 2.27. The number of imide groups is 1. The van der Waals surface area contributed by atoms with Gasteiger partial charge in [0.05, 0.1) is 0 Å². The number of nitrogens with zero attached hydrogens (tertiary/aromatic N) is 2. The molecule has 9 nitrogen and oxygen atoms in total.